The normalized spacial score (nSPS) is 10.3. The standard InChI is InChI=1S/C15H17N3OS/c1-10-6-11(2)17-15(7-10)20-9-14(19)18-13-5-3-4-12(16)8-13/h3-8H,9,16H2,1-2H3,(H,18,19). The maximum Gasteiger partial charge on any atom is 0.234 e. The first-order chi connectivity index (χ1) is 9.52. The number of thioether (sulfide) groups is 1. The lowest BCUT2D eigenvalue weighted by molar-refractivity contribution is -0.113. The fraction of sp³-hybridized carbons (Fsp3) is 0.200. The molecule has 0 aliphatic rings. The molecule has 2 aromatic rings. The number of hydrogen-bond donors (Lipinski definition) is 2. The molecule has 0 fully saturated rings. The predicted octanol–water partition coefficient (Wildman–Crippen LogP) is 3.01. The van der Waals surface area contributed by atoms with Crippen LogP contribution in [0.15, 0.2) is 41.4 Å². The number of carbonyl (C=O) groups is 1. The molecule has 1 amide bonds. The van der Waals surface area contributed by atoms with Crippen molar-refractivity contribution in [1.29, 1.82) is 0 Å². The van der Waals surface area contributed by atoms with Crippen LogP contribution in [-0.4, -0.2) is 16.6 Å². The van der Waals surface area contributed by atoms with E-state index in [0.29, 0.717) is 17.1 Å². The molecule has 104 valence electrons. The van der Waals surface area contributed by atoms with E-state index >= 15 is 0 Å². The van der Waals surface area contributed by atoms with Gasteiger partial charge in [0.2, 0.25) is 5.91 Å². The second-order valence-corrected chi connectivity index (χ2v) is 5.58. The molecule has 0 aliphatic heterocycles. The number of nitrogen functional groups attached to an aromatic ring is 1. The summed E-state index contributed by atoms with van der Waals surface area (Å²) in [4.78, 5) is 16.3. The van der Waals surface area contributed by atoms with Crippen LogP contribution < -0.4 is 11.1 Å². The van der Waals surface area contributed by atoms with Gasteiger partial charge in [-0.25, -0.2) is 4.98 Å². The van der Waals surface area contributed by atoms with E-state index < -0.39 is 0 Å². The molecule has 1 aromatic heterocycles. The van der Waals surface area contributed by atoms with Gasteiger partial charge in [0.1, 0.15) is 0 Å². The summed E-state index contributed by atoms with van der Waals surface area (Å²) in [6, 6.07) is 11.1. The lowest BCUT2D eigenvalue weighted by Crippen LogP contribution is -2.14. The molecule has 5 heteroatoms. The fourth-order valence-corrected chi connectivity index (χ4v) is 2.66. The van der Waals surface area contributed by atoms with Crippen LogP contribution >= 0.6 is 11.8 Å². The van der Waals surface area contributed by atoms with Crippen LogP contribution in [0.3, 0.4) is 0 Å². The number of nitrogens with zero attached hydrogens (tertiary/aromatic N) is 1. The number of anilines is 2. The molecule has 3 N–H and O–H groups in total. The van der Waals surface area contributed by atoms with Crippen molar-refractivity contribution in [2.45, 2.75) is 18.9 Å². The first kappa shape index (κ1) is 14.4. The minimum absolute atomic E-state index is 0.0680. The van der Waals surface area contributed by atoms with Gasteiger partial charge in [-0.3, -0.25) is 4.79 Å². The van der Waals surface area contributed by atoms with Crippen LogP contribution in [-0.2, 0) is 4.79 Å². The van der Waals surface area contributed by atoms with Gasteiger partial charge in [0.15, 0.2) is 0 Å². The summed E-state index contributed by atoms with van der Waals surface area (Å²) < 4.78 is 0. The molecule has 0 bridgehead atoms. The number of hydrogen-bond acceptors (Lipinski definition) is 4. The van der Waals surface area contributed by atoms with Crippen molar-refractivity contribution in [3.05, 3.63) is 47.7 Å². The van der Waals surface area contributed by atoms with Crippen molar-refractivity contribution in [3.63, 3.8) is 0 Å². The Balaban J connectivity index is 1.92. The zero-order valence-corrected chi connectivity index (χ0v) is 12.3. The van der Waals surface area contributed by atoms with Gasteiger partial charge in [0.25, 0.3) is 0 Å². The van der Waals surface area contributed by atoms with Crippen molar-refractivity contribution >= 4 is 29.0 Å². The Hall–Kier alpha value is -2.01. The minimum Gasteiger partial charge on any atom is -0.399 e. The molecule has 0 spiro atoms. The van der Waals surface area contributed by atoms with Crippen molar-refractivity contribution in [2.24, 2.45) is 0 Å². The Labute approximate surface area is 122 Å². The molecule has 0 aliphatic carbocycles. The molecule has 0 radical (unpaired) electrons. The lowest BCUT2D eigenvalue weighted by Gasteiger charge is -2.06. The molecular formula is C15H17N3OS. The van der Waals surface area contributed by atoms with Gasteiger partial charge in [-0.15, -0.1) is 0 Å². The molecule has 0 atom stereocenters. The molecule has 0 saturated carbocycles. The van der Waals surface area contributed by atoms with Gasteiger partial charge >= 0.3 is 0 Å². The Bertz CT molecular complexity index is 608. The SMILES string of the molecule is Cc1cc(C)nc(SCC(=O)Nc2cccc(N)c2)c1. The van der Waals surface area contributed by atoms with Gasteiger partial charge in [-0.2, -0.15) is 0 Å². The number of aryl methyl sites for hydroxylation is 2. The van der Waals surface area contributed by atoms with Crippen molar-refractivity contribution in [3.8, 4) is 0 Å². The summed E-state index contributed by atoms with van der Waals surface area (Å²) in [5, 5.41) is 3.68. The first-order valence-corrected chi connectivity index (χ1v) is 7.25. The number of rotatable bonds is 4. The Morgan fingerprint density at radius 1 is 1.30 bits per heavy atom. The van der Waals surface area contributed by atoms with Gasteiger partial charge in [0.05, 0.1) is 10.8 Å². The number of nitrogens with two attached hydrogens (primary N) is 1. The molecule has 0 unspecified atom stereocenters. The van der Waals surface area contributed by atoms with E-state index in [1.807, 2.05) is 38.1 Å². The summed E-state index contributed by atoms with van der Waals surface area (Å²) in [6.07, 6.45) is 0. The quantitative estimate of drug-likeness (QED) is 0.670. The highest BCUT2D eigenvalue weighted by molar-refractivity contribution is 7.99. The average molecular weight is 287 g/mol. The van der Waals surface area contributed by atoms with E-state index in [1.165, 1.54) is 11.8 Å². The van der Waals surface area contributed by atoms with Gasteiger partial charge in [-0.1, -0.05) is 17.8 Å². The van der Waals surface area contributed by atoms with Crippen molar-refractivity contribution in [2.75, 3.05) is 16.8 Å². The summed E-state index contributed by atoms with van der Waals surface area (Å²) >= 11 is 1.43. The maximum absolute atomic E-state index is 11.9. The summed E-state index contributed by atoms with van der Waals surface area (Å²) in [5.41, 5.74) is 9.12. The topological polar surface area (TPSA) is 68.0 Å². The predicted molar refractivity (Wildman–Crippen MR) is 83.9 cm³/mol. The second-order valence-electron chi connectivity index (χ2n) is 4.59. The van der Waals surface area contributed by atoms with E-state index in [4.69, 9.17) is 5.73 Å². The van der Waals surface area contributed by atoms with Crippen LogP contribution in [0.5, 0.6) is 0 Å². The zero-order chi connectivity index (χ0) is 14.5. The third-order valence-electron chi connectivity index (χ3n) is 2.60. The van der Waals surface area contributed by atoms with Crippen molar-refractivity contribution in [1.82, 2.24) is 4.98 Å². The largest absolute Gasteiger partial charge is 0.399 e. The van der Waals surface area contributed by atoms with E-state index in [-0.39, 0.29) is 5.91 Å². The Kier molecular flexibility index (Phi) is 4.63. The van der Waals surface area contributed by atoms with Crippen LogP contribution in [0.1, 0.15) is 11.3 Å². The van der Waals surface area contributed by atoms with Gasteiger partial charge in [-0.05, 0) is 49.7 Å². The molecule has 1 heterocycles. The second kappa shape index (κ2) is 6.43. The summed E-state index contributed by atoms with van der Waals surface area (Å²) in [5.74, 6) is 0.256. The molecule has 20 heavy (non-hydrogen) atoms. The Morgan fingerprint density at radius 3 is 2.80 bits per heavy atom. The van der Waals surface area contributed by atoms with Crippen LogP contribution in [0.25, 0.3) is 0 Å². The van der Waals surface area contributed by atoms with Crippen LogP contribution in [0.2, 0.25) is 0 Å². The van der Waals surface area contributed by atoms with Crippen LogP contribution in [0, 0.1) is 13.8 Å². The highest BCUT2D eigenvalue weighted by Gasteiger charge is 2.05. The fourth-order valence-electron chi connectivity index (χ4n) is 1.83. The third-order valence-corrected chi connectivity index (χ3v) is 3.51. The van der Waals surface area contributed by atoms with E-state index in [0.717, 1.165) is 16.3 Å². The molecule has 1 aromatic carbocycles. The zero-order valence-electron chi connectivity index (χ0n) is 11.5. The number of amides is 1. The number of benzene rings is 1. The number of nitrogens with one attached hydrogen (secondary N) is 1. The third kappa shape index (κ3) is 4.28. The highest BCUT2D eigenvalue weighted by atomic mass is 32.2. The number of carbonyl (C=O) groups excluding carboxylic acids is 1. The smallest absolute Gasteiger partial charge is 0.234 e. The molecule has 4 nitrogen and oxygen atoms in total. The molecule has 2 rings (SSSR count). The van der Waals surface area contributed by atoms with Crippen molar-refractivity contribution < 1.29 is 4.79 Å². The monoisotopic (exact) mass is 287 g/mol. The molecule has 0 saturated heterocycles. The van der Waals surface area contributed by atoms with Crippen LogP contribution in [0.4, 0.5) is 11.4 Å². The highest BCUT2D eigenvalue weighted by Crippen LogP contribution is 2.18. The maximum atomic E-state index is 11.9. The average Bonchev–Trinajstić information content (AvgIpc) is 2.35. The van der Waals surface area contributed by atoms with E-state index in [2.05, 4.69) is 10.3 Å². The Morgan fingerprint density at radius 2 is 2.10 bits per heavy atom. The first-order valence-electron chi connectivity index (χ1n) is 6.26. The minimum atomic E-state index is -0.0680. The van der Waals surface area contributed by atoms with Gasteiger partial charge < -0.3 is 11.1 Å². The van der Waals surface area contributed by atoms with E-state index in [1.54, 1.807) is 12.1 Å². The number of aromatic nitrogens is 1. The summed E-state index contributed by atoms with van der Waals surface area (Å²) in [7, 11) is 0. The number of pyridine rings is 1. The molecular weight excluding hydrogens is 270 g/mol. The van der Waals surface area contributed by atoms with E-state index in [9.17, 15) is 4.79 Å². The van der Waals surface area contributed by atoms with Gasteiger partial charge in [0, 0.05) is 17.1 Å². The lowest BCUT2D eigenvalue weighted by atomic mass is 10.3. The summed E-state index contributed by atoms with van der Waals surface area (Å²) in [6.45, 7) is 3.97.